The Labute approximate surface area is 75.3 Å². The second-order valence-corrected chi connectivity index (χ2v) is 2.55. The third-order valence-corrected chi connectivity index (χ3v) is 1.55. The van der Waals surface area contributed by atoms with Crippen molar-refractivity contribution in [3.63, 3.8) is 0 Å². The van der Waals surface area contributed by atoms with Gasteiger partial charge in [-0.2, -0.15) is 0 Å². The monoisotopic (exact) mass is 180 g/mol. The van der Waals surface area contributed by atoms with E-state index in [0.29, 0.717) is 5.56 Å². The lowest BCUT2D eigenvalue weighted by Crippen LogP contribution is -1.85. The van der Waals surface area contributed by atoms with Crippen molar-refractivity contribution in [2.75, 3.05) is 0 Å². The number of halogens is 1. The molecule has 0 aliphatic heterocycles. The molecule has 0 aliphatic carbocycles. The summed E-state index contributed by atoms with van der Waals surface area (Å²) in [5.41, 5.74) is 1.34. The average molecular weight is 180 g/mol. The second-order valence-electron chi connectivity index (χ2n) is 2.55. The van der Waals surface area contributed by atoms with Crippen LogP contribution >= 0.6 is 0 Å². The van der Waals surface area contributed by atoms with E-state index in [9.17, 15) is 9.18 Å². The number of carbonyl (C=O) groups is 1. The van der Waals surface area contributed by atoms with Gasteiger partial charge in [0, 0.05) is 6.08 Å². The lowest BCUT2D eigenvalue weighted by atomic mass is 10.1. The van der Waals surface area contributed by atoms with E-state index in [0.717, 1.165) is 11.6 Å². The summed E-state index contributed by atoms with van der Waals surface area (Å²) < 4.78 is 12.1. The highest BCUT2D eigenvalue weighted by molar-refractivity contribution is 5.85. The fourth-order valence-corrected chi connectivity index (χ4v) is 0.885. The summed E-state index contributed by atoms with van der Waals surface area (Å²) in [4.78, 5) is 10.1. The van der Waals surface area contributed by atoms with Crippen LogP contribution in [0.5, 0.6) is 0 Å². The summed E-state index contributed by atoms with van der Waals surface area (Å²) >= 11 is 0. The molecule has 13 heavy (non-hydrogen) atoms. The molecule has 0 bridgehead atoms. The maximum Gasteiger partial charge on any atom is 0.328 e. The van der Waals surface area contributed by atoms with Gasteiger partial charge in [-0.1, -0.05) is 24.3 Å². The minimum absolute atomic E-state index is 0.497. The molecule has 0 atom stereocenters. The molecule has 0 radical (unpaired) electrons. The molecule has 1 N–H and O–H groups in total. The van der Waals surface area contributed by atoms with Crippen LogP contribution in [0.2, 0.25) is 0 Å². The van der Waals surface area contributed by atoms with Crippen LogP contribution < -0.4 is 0 Å². The highest BCUT2D eigenvalue weighted by atomic mass is 19.1. The molecule has 0 amide bonds. The van der Waals surface area contributed by atoms with Crippen LogP contribution in [0.25, 0.3) is 6.08 Å². The van der Waals surface area contributed by atoms with Crippen molar-refractivity contribution >= 4 is 12.0 Å². The fourth-order valence-electron chi connectivity index (χ4n) is 0.885. The van der Waals surface area contributed by atoms with Gasteiger partial charge in [-0.25, -0.2) is 9.18 Å². The number of hydrogen-bond acceptors (Lipinski definition) is 1. The van der Waals surface area contributed by atoms with Gasteiger partial charge >= 0.3 is 5.97 Å². The molecular weight excluding hydrogens is 171 g/mol. The molecular formula is C10H9FO2. The molecule has 2 nitrogen and oxygen atoms in total. The lowest BCUT2D eigenvalue weighted by molar-refractivity contribution is -0.131. The SMILES string of the molecule is O=C(O)C=Cc1ccc(CF)cc1. The van der Waals surface area contributed by atoms with Crippen LogP contribution in [-0.2, 0) is 11.5 Å². The van der Waals surface area contributed by atoms with Crippen molar-refractivity contribution in [3.05, 3.63) is 41.5 Å². The quantitative estimate of drug-likeness (QED) is 0.724. The summed E-state index contributed by atoms with van der Waals surface area (Å²) in [6.45, 7) is -0.497. The Kier molecular flexibility index (Phi) is 3.20. The molecule has 0 aromatic heterocycles. The van der Waals surface area contributed by atoms with Crippen molar-refractivity contribution in [2.45, 2.75) is 6.67 Å². The van der Waals surface area contributed by atoms with Crippen molar-refractivity contribution in [2.24, 2.45) is 0 Å². The normalized spacial score (nSPS) is 10.5. The molecule has 0 aliphatic rings. The zero-order valence-corrected chi connectivity index (χ0v) is 6.90. The standard InChI is InChI=1S/C10H9FO2/c11-7-9-3-1-8(2-4-9)5-6-10(12)13/h1-6H,7H2,(H,12,13). The largest absolute Gasteiger partial charge is 0.478 e. The molecule has 1 rings (SSSR count). The fraction of sp³-hybridized carbons (Fsp3) is 0.100. The van der Waals surface area contributed by atoms with Gasteiger partial charge in [-0.3, -0.25) is 0 Å². The van der Waals surface area contributed by atoms with Crippen LogP contribution in [-0.4, -0.2) is 11.1 Å². The lowest BCUT2D eigenvalue weighted by Gasteiger charge is -1.94. The predicted molar refractivity (Wildman–Crippen MR) is 47.9 cm³/mol. The number of rotatable bonds is 3. The van der Waals surface area contributed by atoms with E-state index in [-0.39, 0.29) is 0 Å². The van der Waals surface area contributed by atoms with Crippen LogP contribution in [0.15, 0.2) is 30.3 Å². The zero-order valence-electron chi connectivity index (χ0n) is 6.90. The van der Waals surface area contributed by atoms with Crippen LogP contribution in [0, 0.1) is 0 Å². The number of hydrogen-bond donors (Lipinski definition) is 1. The molecule has 1 aromatic carbocycles. The maximum atomic E-state index is 12.1. The number of aliphatic carboxylic acids is 1. The molecule has 0 spiro atoms. The van der Waals surface area contributed by atoms with E-state index in [1.54, 1.807) is 24.3 Å². The van der Waals surface area contributed by atoms with E-state index < -0.39 is 12.6 Å². The Bertz CT molecular complexity index is 314. The molecule has 0 unspecified atom stereocenters. The first-order valence-electron chi connectivity index (χ1n) is 3.78. The van der Waals surface area contributed by atoms with Gasteiger partial charge in [0.2, 0.25) is 0 Å². The number of carboxylic acid groups (broad SMARTS) is 1. The van der Waals surface area contributed by atoms with Gasteiger partial charge in [0.05, 0.1) is 0 Å². The summed E-state index contributed by atoms with van der Waals surface area (Å²) in [5.74, 6) is -0.991. The van der Waals surface area contributed by atoms with Crippen LogP contribution in [0.4, 0.5) is 4.39 Å². The molecule has 0 saturated heterocycles. The molecule has 0 heterocycles. The third kappa shape index (κ3) is 3.07. The highest BCUT2D eigenvalue weighted by Gasteiger charge is 1.91. The number of carboxylic acids is 1. The predicted octanol–water partition coefficient (Wildman–Crippen LogP) is 2.25. The molecule has 0 saturated carbocycles. The molecule has 3 heteroatoms. The summed E-state index contributed by atoms with van der Waals surface area (Å²) in [7, 11) is 0. The smallest absolute Gasteiger partial charge is 0.328 e. The summed E-state index contributed by atoms with van der Waals surface area (Å²) in [5, 5.41) is 8.33. The van der Waals surface area contributed by atoms with Gasteiger partial charge in [-0.05, 0) is 17.2 Å². The first kappa shape index (κ1) is 9.45. The van der Waals surface area contributed by atoms with Gasteiger partial charge in [0.15, 0.2) is 0 Å². The van der Waals surface area contributed by atoms with Gasteiger partial charge < -0.3 is 5.11 Å². The van der Waals surface area contributed by atoms with E-state index >= 15 is 0 Å². The highest BCUT2D eigenvalue weighted by Crippen LogP contribution is 2.06. The third-order valence-electron chi connectivity index (χ3n) is 1.55. The first-order chi connectivity index (χ1) is 6.22. The molecule has 1 aromatic rings. The van der Waals surface area contributed by atoms with Gasteiger partial charge in [0.1, 0.15) is 6.67 Å². The van der Waals surface area contributed by atoms with E-state index in [1.807, 2.05) is 0 Å². The van der Waals surface area contributed by atoms with E-state index in [4.69, 9.17) is 5.11 Å². The van der Waals surface area contributed by atoms with Crippen molar-refractivity contribution < 1.29 is 14.3 Å². The Balaban J connectivity index is 2.75. The van der Waals surface area contributed by atoms with Crippen LogP contribution in [0.3, 0.4) is 0 Å². The van der Waals surface area contributed by atoms with Crippen molar-refractivity contribution in [3.8, 4) is 0 Å². The van der Waals surface area contributed by atoms with Crippen molar-refractivity contribution in [1.82, 2.24) is 0 Å². The van der Waals surface area contributed by atoms with E-state index in [2.05, 4.69) is 0 Å². The first-order valence-corrected chi connectivity index (χ1v) is 3.78. The minimum atomic E-state index is -0.991. The van der Waals surface area contributed by atoms with Crippen molar-refractivity contribution in [1.29, 1.82) is 0 Å². The number of benzene rings is 1. The molecule has 68 valence electrons. The number of alkyl halides is 1. The maximum absolute atomic E-state index is 12.1. The summed E-state index contributed by atoms with van der Waals surface area (Å²) in [6.07, 6.45) is 2.51. The Morgan fingerprint density at radius 1 is 1.38 bits per heavy atom. The minimum Gasteiger partial charge on any atom is -0.478 e. The second kappa shape index (κ2) is 4.40. The van der Waals surface area contributed by atoms with Gasteiger partial charge in [0.25, 0.3) is 0 Å². The van der Waals surface area contributed by atoms with Crippen LogP contribution in [0.1, 0.15) is 11.1 Å². The zero-order chi connectivity index (χ0) is 9.68. The van der Waals surface area contributed by atoms with Gasteiger partial charge in [-0.15, -0.1) is 0 Å². The molecule has 0 fully saturated rings. The Hall–Kier alpha value is -1.64. The summed E-state index contributed by atoms with van der Waals surface area (Å²) in [6, 6.07) is 6.60. The van der Waals surface area contributed by atoms with E-state index in [1.165, 1.54) is 6.08 Å². The topological polar surface area (TPSA) is 37.3 Å². The Morgan fingerprint density at radius 2 is 2.00 bits per heavy atom. The average Bonchev–Trinajstić information content (AvgIpc) is 2.15. The Morgan fingerprint density at radius 3 is 2.46 bits per heavy atom.